The number of carbonyl (C=O) groups excluding carboxylic acids is 1. The molecule has 1 aliphatic heterocycles. The van der Waals surface area contributed by atoms with Crippen LogP contribution in [-0.4, -0.2) is 24.0 Å². The topological polar surface area (TPSA) is 41.1 Å². The fourth-order valence-corrected chi connectivity index (χ4v) is 3.89. The maximum absolute atomic E-state index is 12.0. The molecule has 3 unspecified atom stereocenters. The lowest BCUT2D eigenvalue weighted by atomic mass is 9.75. The number of carbonyl (C=O) groups is 1. The Labute approximate surface area is 110 Å². The zero-order valence-corrected chi connectivity index (χ0v) is 11.5. The second kappa shape index (κ2) is 4.84. The minimum Gasteiger partial charge on any atom is -0.353 e. The Morgan fingerprint density at radius 2 is 2.00 bits per heavy atom. The highest BCUT2D eigenvalue weighted by Gasteiger charge is 2.42. The van der Waals surface area contributed by atoms with E-state index in [-0.39, 0.29) is 0 Å². The Hall–Kier alpha value is -0.570. The molecule has 2 saturated carbocycles. The van der Waals surface area contributed by atoms with Gasteiger partial charge in [-0.2, -0.15) is 0 Å². The standard InChI is InChI=1S/C15H26N2O/c1-11-9-13(11)14(18)17-12-5-8-16-15(10-12)6-3-2-4-7-15/h11-13,16H,2-10H2,1H3,(H,17,18). The summed E-state index contributed by atoms with van der Waals surface area (Å²) in [6, 6.07) is 0.421. The molecule has 3 heteroatoms. The molecule has 3 atom stereocenters. The molecular formula is C15H26N2O. The SMILES string of the molecule is CC1CC1C(=O)NC1CCNC2(CCCCC2)C1. The average Bonchev–Trinajstić information content (AvgIpc) is 3.08. The summed E-state index contributed by atoms with van der Waals surface area (Å²) in [7, 11) is 0. The third kappa shape index (κ3) is 2.56. The Kier molecular flexibility index (Phi) is 3.35. The fraction of sp³-hybridized carbons (Fsp3) is 0.933. The second-order valence-electron chi connectivity index (χ2n) is 6.79. The molecule has 1 heterocycles. The largest absolute Gasteiger partial charge is 0.353 e. The molecule has 0 aromatic rings. The molecule has 0 aromatic carbocycles. The summed E-state index contributed by atoms with van der Waals surface area (Å²) in [6.07, 6.45) is 10.1. The van der Waals surface area contributed by atoms with Crippen molar-refractivity contribution < 1.29 is 4.79 Å². The van der Waals surface area contributed by atoms with Gasteiger partial charge in [0.1, 0.15) is 0 Å². The lowest BCUT2D eigenvalue weighted by Crippen LogP contribution is -2.57. The molecule has 0 radical (unpaired) electrons. The minimum absolute atomic E-state index is 0.320. The van der Waals surface area contributed by atoms with Gasteiger partial charge in [0, 0.05) is 17.5 Å². The van der Waals surface area contributed by atoms with Crippen LogP contribution in [0, 0.1) is 11.8 Å². The molecule has 2 N–H and O–H groups in total. The van der Waals surface area contributed by atoms with E-state index < -0.39 is 0 Å². The highest BCUT2D eigenvalue weighted by Crippen LogP contribution is 2.39. The molecule has 0 bridgehead atoms. The highest BCUT2D eigenvalue weighted by atomic mass is 16.2. The van der Waals surface area contributed by atoms with Gasteiger partial charge in [-0.3, -0.25) is 4.79 Å². The summed E-state index contributed by atoms with van der Waals surface area (Å²) in [5.41, 5.74) is 0.351. The third-order valence-corrected chi connectivity index (χ3v) is 5.23. The van der Waals surface area contributed by atoms with E-state index in [1.165, 1.54) is 32.1 Å². The van der Waals surface area contributed by atoms with Crippen molar-refractivity contribution in [3.05, 3.63) is 0 Å². The van der Waals surface area contributed by atoms with E-state index in [4.69, 9.17) is 0 Å². The van der Waals surface area contributed by atoms with E-state index in [9.17, 15) is 4.79 Å². The fourth-order valence-electron chi connectivity index (χ4n) is 3.89. The van der Waals surface area contributed by atoms with E-state index in [0.29, 0.717) is 29.3 Å². The first-order valence-corrected chi connectivity index (χ1v) is 7.74. The molecule has 102 valence electrons. The Balaban J connectivity index is 1.55. The second-order valence-corrected chi connectivity index (χ2v) is 6.79. The van der Waals surface area contributed by atoms with Crippen LogP contribution in [0.3, 0.4) is 0 Å². The first-order chi connectivity index (χ1) is 8.69. The van der Waals surface area contributed by atoms with Crippen LogP contribution >= 0.6 is 0 Å². The predicted octanol–water partition coefficient (Wildman–Crippen LogP) is 2.21. The molecule has 1 spiro atoms. The Morgan fingerprint density at radius 3 is 2.67 bits per heavy atom. The molecule has 3 aliphatic rings. The van der Waals surface area contributed by atoms with Crippen molar-refractivity contribution in [3.8, 4) is 0 Å². The summed E-state index contributed by atoms with van der Waals surface area (Å²) in [5, 5.41) is 7.04. The summed E-state index contributed by atoms with van der Waals surface area (Å²) in [6.45, 7) is 3.25. The first kappa shape index (κ1) is 12.5. The minimum atomic E-state index is 0.320. The quantitative estimate of drug-likeness (QED) is 0.789. The van der Waals surface area contributed by atoms with E-state index >= 15 is 0 Å². The Bertz CT molecular complexity index is 317. The summed E-state index contributed by atoms with van der Waals surface area (Å²) in [4.78, 5) is 12.0. The lowest BCUT2D eigenvalue weighted by Gasteiger charge is -2.44. The summed E-state index contributed by atoms with van der Waals surface area (Å²) >= 11 is 0. The van der Waals surface area contributed by atoms with E-state index in [1.54, 1.807) is 0 Å². The lowest BCUT2D eigenvalue weighted by molar-refractivity contribution is -0.123. The van der Waals surface area contributed by atoms with E-state index in [1.807, 2.05) is 0 Å². The van der Waals surface area contributed by atoms with Crippen molar-refractivity contribution in [1.82, 2.24) is 10.6 Å². The zero-order valence-electron chi connectivity index (χ0n) is 11.5. The molecule has 2 aliphatic carbocycles. The van der Waals surface area contributed by atoms with E-state index in [0.717, 1.165) is 25.8 Å². The van der Waals surface area contributed by atoms with Crippen LogP contribution in [0.4, 0.5) is 0 Å². The summed E-state index contributed by atoms with van der Waals surface area (Å²) in [5.74, 6) is 1.26. The average molecular weight is 250 g/mol. The van der Waals surface area contributed by atoms with Crippen molar-refractivity contribution in [3.63, 3.8) is 0 Å². The highest BCUT2D eigenvalue weighted by molar-refractivity contribution is 5.81. The van der Waals surface area contributed by atoms with Gasteiger partial charge in [0.25, 0.3) is 0 Å². The van der Waals surface area contributed by atoms with Crippen LogP contribution in [-0.2, 0) is 4.79 Å². The monoisotopic (exact) mass is 250 g/mol. The smallest absolute Gasteiger partial charge is 0.223 e. The molecule has 1 amide bonds. The van der Waals surface area contributed by atoms with Gasteiger partial charge in [0.05, 0.1) is 0 Å². The number of hydrogen-bond acceptors (Lipinski definition) is 2. The van der Waals surface area contributed by atoms with Crippen molar-refractivity contribution in [2.24, 2.45) is 11.8 Å². The van der Waals surface area contributed by atoms with Gasteiger partial charge >= 0.3 is 0 Å². The van der Waals surface area contributed by atoms with Gasteiger partial charge in [0.2, 0.25) is 5.91 Å². The third-order valence-electron chi connectivity index (χ3n) is 5.23. The predicted molar refractivity (Wildman–Crippen MR) is 72.3 cm³/mol. The number of piperidine rings is 1. The van der Waals surface area contributed by atoms with Gasteiger partial charge < -0.3 is 10.6 Å². The summed E-state index contributed by atoms with van der Waals surface area (Å²) < 4.78 is 0. The Morgan fingerprint density at radius 1 is 1.28 bits per heavy atom. The molecule has 18 heavy (non-hydrogen) atoms. The van der Waals surface area contributed by atoms with Crippen molar-refractivity contribution in [1.29, 1.82) is 0 Å². The molecule has 3 rings (SSSR count). The van der Waals surface area contributed by atoms with Crippen LogP contribution in [0.1, 0.15) is 58.3 Å². The van der Waals surface area contributed by atoms with Gasteiger partial charge in [-0.05, 0) is 44.6 Å². The van der Waals surface area contributed by atoms with Gasteiger partial charge in [0.15, 0.2) is 0 Å². The normalized spacial score (nSPS) is 38.4. The number of hydrogen-bond donors (Lipinski definition) is 2. The molecule has 1 saturated heterocycles. The first-order valence-electron chi connectivity index (χ1n) is 7.74. The van der Waals surface area contributed by atoms with Crippen LogP contribution in [0.5, 0.6) is 0 Å². The van der Waals surface area contributed by atoms with Crippen molar-refractivity contribution in [2.75, 3.05) is 6.54 Å². The van der Waals surface area contributed by atoms with Gasteiger partial charge in [-0.25, -0.2) is 0 Å². The zero-order chi connectivity index (χ0) is 12.6. The molecule has 0 aromatic heterocycles. The van der Waals surface area contributed by atoms with Crippen molar-refractivity contribution in [2.45, 2.75) is 69.9 Å². The maximum atomic E-state index is 12.0. The molecule has 3 fully saturated rings. The van der Waals surface area contributed by atoms with Crippen LogP contribution in [0.15, 0.2) is 0 Å². The molecule has 3 nitrogen and oxygen atoms in total. The van der Waals surface area contributed by atoms with Crippen molar-refractivity contribution >= 4 is 5.91 Å². The van der Waals surface area contributed by atoms with Gasteiger partial charge in [-0.1, -0.05) is 26.2 Å². The van der Waals surface area contributed by atoms with E-state index in [2.05, 4.69) is 17.6 Å². The van der Waals surface area contributed by atoms with Crippen LogP contribution in [0.2, 0.25) is 0 Å². The molecular weight excluding hydrogens is 224 g/mol. The number of rotatable bonds is 2. The van der Waals surface area contributed by atoms with Gasteiger partial charge in [-0.15, -0.1) is 0 Å². The number of nitrogens with one attached hydrogen (secondary N) is 2. The number of amides is 1. The maximum Gasteiger partial charge on any atom is 0.223 e. The van der Waals surface area contributed by atoms with Crippen LogP contribution in [0.25, 0.3) is 0 Å². The van der Waals surface area contributed by atoms with Crippen LogP contribution < -0.4 is 10.6 Å².